The van der Waals surface area contributed by atoms with Crippen LogP contribution in [0.3, 0.4) is 0 Å². The van der Waals surface area contributed by atoms with E-state index in [9.17, 15) is 9.59 Å². The average molecular weight is 329 g/mol. The minimum absolute atomic E-state index is 0.101. The van der Waals surface area contributed by atoms with E-state index < -0.39 is 5.72 Å². The maximum absolute atomic E-state index is 12.4. The Labute approximate surface area is 142 Å². The molecule has 0 aliphatic heterocycles. The van der Waals surface area contributed by atoms with E-state index in [0.29, 0.717) is 23.5 Å². The van der Waals surface area contributed by atoms with Gasteiger partial charge in [-0.1, -0.05) is 25.1 Å². The zero-order chi connectivity index (χ0) is 17.6. The molecule has 5 heteroatoms. The predicted octanol–water partition coefficient (Wildman–Crippen LogP) is 2.78. The number of rotatable bonds is 7. The number of amides is 1. The van der Waals surface area contributed by atoms with Crippen molar-refractivity contribution >= 4 is 11.7 Å². The van der Waals surface area contributed by atoms with Crippen molar-refractivity contribution in [3.63, 3.8) is 0 Å². The number of allylic oxidation sites excluding steroid dienone is 2. The number of nitrogens with one attached hydrogen (secondary N) is 1. The third-order valence-electron chi connectivity index (χ3n) is 3.78. The molecule has 24 heavy (non-hydrogen) atoms. The summed E-state index contributed by atoms with van der Waals surface area (Å²) in [6.07, 6.45) is 3.77. The predicted molar refractivity (Wildman–Crippen MR) is 91.6 cm³/mol. The minimum Gasteiger partial charge on any atom is -0.484 e. The smallest absolute Gasteiger partial charge is 0.260 e. The van der Waals surface area contributed by atoms with Gasteiger partial charge in [-0.05, 0) is 55.7 Å². The van der Waals surface area contributed by atoms with Gasteiger partial charge in [0.15, 0.2) is 18.1 Å². The van der Waals surface area contributed by atoms with Crippen LogP contribution in [0.5, 0.6) is 5.75 Å². The standard InChI is InChI=1S/C19H23NO4/c1-4-10-24-19(14(2)11-16(21)12-15(19)3)20-18(22)13-23-17-8-6-5-7-9-17/h5-9,11-12H,4,10,13H2,1-3H3,(H,20,22). The summed E-state index contributed by atoms with van der Waals surface area (Å²) in [7, 11) is 0. The average Bonchev–Trinajstić information content (AvgIpc) is 2.56. The van der Waals surface area contributed by atoms with Crippen LogP contribution in [0.1, 0.15) is 27.2 Å². The molecular formula is C19H23NO4. The van der Waals surface area contributed by atoms with E-state index >= 15 is 0 Å². The van der Waals surface area contributed by atoms with E-state index in [-0.39, 0.29) is 18.3 Å². The van der Waals surface area contributed by atoms with Gasteiger partial charge in [-0.3, -0.25) is 9.59 Å². The summed E-state index contributed by atoms with van der Waals surface area (Å²) >= 11 is 0. The summed E-state index contributed by atoms with van der Waals surface area (Å²) in [6.45, 7) is 5.88. The molecule has 0 aromatic heterocycles. The molecule has 1 amide bonds. The lowest BCUT2D eigenvalue weighted by atomic mass is 9.89. The quantitative estimate of drug-likeness (QED) is 0.781. The summed E-state index contributed by atoms with van der Waals surface area (Å²) in [5.41, 5.74) is 0.240. The number of ketones is 1. The lowest BCUT2D eigenvalue weighted by Gasteiger charge is -2.38. The van der Waals surface area contributed by atoms with Gasteiger partial charge in [-0.15, -0.1) is 0 Å². The number of carbonyl (C=O) groups is 2. The SMILES string of the molecule is CCCOC1(NC(=O)COc2ccccc2)C(C)=CC(=O)C=C1C. The molecule has 1 N–H and O–H groups in total. The third-order valence-corrected chi connectivity index (χ3v) is 3.78. The highest BCUT2D eigenvalue weighted by Crippen LogP contribution is 2.30. The van der Waals surface area contributed by atoms with Gasteiger partial charge in [0.1, 0.15) is 5.75 Å². The van der Waals surface area contributed by atoms with Crippen molar-refractivity contribution in [1.82, 2.24) is 5.32 Å². The lowest BCUT2D eigenvalue weighted by Crippen LogP contribution is -2.55. The Kier molecular flexibility index (Phi) is 5.93. The molecule has 2 rings (SSSR count). The van der Waals surface area contributed by atoms with E-state index in [1.54, 1.807) is 26.0 Å². The highest BCUT2D eigenvalue weighted by molar-refractivity contribution is 6.02. The van der Waals surface area contributed by atoms with E-state index in [0.717, 1.165) is 6.42 Å². The third kappa shape index (κ3) is 4.11. The molecule has 0 spiro atoms. The molecular weight excluding hydrogens is 306 g/mol. The zero-order valence-electron chi connectivity index (χ0n) is 14.3. The van der Waals surface area contributed by atoms with Gasteiger partial charge in [0.2, 0.25) is 0 Å². The Balaban J connectivity index is 2.11. The second-order valence-electron chi connectivity index (χ2n) is 5.74. The lowest BCUT2D eigenvalue weighted by molar-refractivity contribution is -0.131. The van der Waals surface area contributed by atoms with E-state index in [2.05, 4.69) is 5.32 Å². The van der Waals surface area contributed by atoms with Gasteiger partial charge in [-0.25, -0.2) is 0 Å². The van der Waals surface area contributed by atoms with Crippen molar-refractivity contribution in [3.8, 4) is 5.75 Å². The second-order valence-corrected chi connectivity index (χ2v) is 5.74. The molecule has 5 nitrogen and oxygen atoms in total. The Morgan fingerprint density at radius 1 is 1.12 bits per heavy atom. The van der Waals surface area contributed by atoms with Crippen LogP contribution in [0.2, 0.25) is 0 Å². The Bertz CT molecular complexity index is 639. The van der Waals surface area contributed by atoms with Crippen molar-refractivity contribution in [2.24, 2.45) is 0 Å². The number of carbonyl (C=O) groups excluding carboxylic acids is 2. The molecule has 0 saturated heterocycles. The Morgan fingerprint density at radius 2 is 1.75 bits per heavy atom. The van der Waals surface area contributed by atoms with Gasteiger partial charge < -0.3 is 14.8 Å². The maximum atomic E-state index is 12.4. The molecule has 0 radical (unpaired) electrons. The molecule has 0 saturated carbocycles. The Hall–Kier alpha value is -2.40. The van der Waals surface area contributed by atoms with Gasteiger partial charge in [-0.2, -0.15) is 0 Å². The number of hydrogen-bond acceptors (Lipinski definition) is 4. The summed E-state index contributed by atoms with van der Waals surface area (Å²) in [5.74, 6) is 0.204. The summed E-state index contributed by atoms with van der Waals surface area (Å²) in [4.78, 5) is 24.1. The van der Waals surface area contributed by atoms with Crippen LogP contribution in [-0.4, -0.2) is 30.6 Å². The summed E-state index contributed by atoms with van der Waals surface area (Å²) in [6, 6.07) is 9.12. The maximum Gasteiger partial charge on any atom is 0.260 e. The first-order chi connectivity index (χ1) is 11.5. The number of benzene rings is 1. The van der Waals surface area contributed by atoms with Crippen molar-refractivity contribution in [2.45, 2.75) is 32.9 Å². The molecule has 1 aliphatic rings. The fourth-order valence-electron chi connectivity index (χ4n) is 2.60. The van der Waals surface area contributed by atoms with Crippen molar-refractivity contribution in [2.75, 3.05) is 13.2 Å². The number of ether oxygens (including phenoxy) is 2. The van der Waals surface area contributed by atoms with Crippen LogP contribution in [0, 0.1) is 0 Å². The van der Waals surface area contributed by atoms with Crippen molar-refractivity contribution in [3.05, 3.63) is 53.6 Å². The molecule has 1 aromatic carbocycles. The first kappa shape index (κ1) is 17.9. The fraction of sp³-hybridized carbons (Fsp3) is 0.368. The van der Waals surface area contributed by atoms with Crippen molar-refractivity contribution < 1.29 is 19.1 Å². The normalized spacial score (nSPS) is 16.2. The Morgan fingerprint density at radius 3 is 2.33 bits per heavy atom. The highest BCUT2D eigenvalue weighted by Gasteiger charge is 2.39. The van der Waals surface area contributed by atoms with Crippen LogP contribution in [0.25, 0.3) is 0 Å². The monoisotopic (exact) mass is 329 g/mol. The molecule has 0 bridgehead atoms. The van der Waals surface area contributed by atoms with Gasteiger partial charge in [0.25, 0.3) is 5.91 Å². The van der Waals surface area contributed by atoms with Crippen LogP contribution < -0.4 is 10.1 Å². The number of hydrogen-bond donors (Lipinski definition) is 1. The molecule has 0 unspecified atom stereocenters. The van der Waals surface area contributed by atoms with E-state index in [4.69, 9.17) is 9.47 Å². The highest BCUT2D eigenvalue weighted by atomic mass is 16.5. The van der Waals surface area contributed by atoms with Gasteiger partial charge in [0.05, 0.1) is 0 Å². The summed E-state index contributed by atoms with van der Waals surface area (Å²) in [5, 5.41) is 2.88. The number of para-hydroxylation sites is 1. The molecule has 1 aromatic rings. The molecule has 0 heterocycles. The van der Waals surface area contributed by atoms with Gasteiger partial charge >= 0.3 is 0 Å². The molecule has 1 aliphatic carbocycles. The largest absolute Gasteiger partial charge is 0.484 e. The molecule has 0 atom stereocenters. The fourth-order valence-corrected chi connectivity index (χ4v) is 2.60. The second kappa shape index (κ2) is 7.93. The van der Waals surface area contributed by atoms with Crippen LogP contribution in [0.4, 0.5) is 0 Å². The van der Waals surface area contributed by atoms with E-state index in [1.165, 1.54) is 12.2 Å². The van der Waals surface area contributed by atoms with Crippen LogP contribution >= 0.6 is 0 Å². The minimum atomic E-state index is -1.08. The first-order valence-electron chi connectivity index (χ1n) is 8.02. The first-order valence-corrected chi connectivity index (χ1v) is 8.02. The topological polar surface area (TPSA) is 64.6 Å². The van der Waals surface area contributed by atoms with E-state index in [1.807, 2.05) is 25.1 Å². The zero-order valence-corrected chi connectivity index (χ0v) is 14.3. The van der Waals surface area contributed by atoms with Crippen molar-refractivity contribution in [1.29, 1.82) is 0 Å². The summed E-state index contributed by atoms with van der Waals surface area (Å²) < 4.78 is 11.4. The molecule has 128 valence electrons. The van der Waals surface area contributed by atoms with Gasteiger partial charge in [0, 0.05) is 6.61 Å². The van der Waals surface area contributed by atoms with Crippen LogP contribution in [0.15, 0.2) is 53.6 Å². The molecule has 0 fully saturated rings. The van der Waals surface area contributed by atoms with Crippen LogP contribution in [-0.2, 0) is 14.3 Å².